The molecule has 0 saturated heterocycles. The summed E-state index contributed by atoms with van der Waals surface area (Å²) in [6, 6.07) is 18.6. The lowest BCUT2D eigenvalue weighted by atomic mass is 9.92. The van der Waals surface area contributed by atoms with Crippen molar-refractivity contribution >= 4 is 27.8 Å². The summed E-state index contributed by atoms with van der Waals surface area (Å²) in [5, 5.41) is 16.0. The van der Waals surface area contributed by atoms with Crippen LogP contribution in [0, 0.1) is 11.8 Å². The Morgan fingerprint density at radius 3 is 2.60 bits per heavy atom. The first kappa shape index (κ1) is 22.5. The Labute approximate surface area is 203 Å². The summed E-state index contributed by atoms with van der Waals surface area (Å²) in [6.45, 7) is 6.40. The maximum absolute atomic E-state index is 9.65. The maximum Gasteiger partial charge on any atom is 0.164 e. The van der Waals surface area contributed by atoms with E-state index in [-0.39, 0.29) is 0 Å². The third-order valence-electron chi connectivity index (χ3n) is 5.92. The van der Waals surface area contributed by atoms with E-state index >= 15 is 0 Å². The van der Waals surface area contributed by atoms with Crippen molar-refractivity contribution in [2.24, 2.45) is 0 Å². The summed E-state index contributed by atoms with van der Waals surface area (Å²) in [5.41, 5.74) is 12.4. The van der Waals surface area contributed by atoms with E-state index in [0.717, 1.165) is 27.7 Å². The summed E-state index contributed by atoms with van der Waals surface area (Å²) < 4.78 is 1.78. The number of fused-ring (bicyclic) bond motifs is 2. The molecule has 3 N–H and O–H groups in total. The van der Waals surface area contributed by atoms with E-state index in [1.807, 2.05) is 24.3 Å². The van der Waals surface area contributed by atoms with Gasteiger partial charge < -0.3 is 10.8 Å². The third kappa shape index (κ3) is 4.32. The minimum absolute atomic E-state index is 0.304. The van der Waals surface area contributed by atoms with Gasteiger partial charge in [-0.15, -0.1) is 0 Å². The number of anilines is 1. The predicted molar refractivity (Wildman–Crippen MR) is 139 cm³/mol. The molecule has 35 heavy (non-hydrogen) atoms. The summed E-state index contributed by atoms with van der Waals surface area (Å²) in [5.74, 6) is 6.32. The second-order valence-electron chi connectivity index (χ2n) is 8.84. The highest BCUT2D eigenvalue weighted by molar-refractivity contribution is 5.90. The Hall–Kier alpha value is -4.28. The minimum Gasteiger partial charge on any atom is -0.383 e. The van der Waals surface area contributed by atoms with Gasteiger partial charge in [-0.1, -0.05) is 62.2 Å². The molecule has 0 radical (unpaired) electrons. The van der Waals surface area contributed by atoms with Crippen molar-refractivity contribution in [2.75, 3.05) is 5.73 Å². The average Bonchev–Trinajstić information content (AvgIpc) is 3.21. The zero-order chi connectivity index (χ0) is 24.5. The van der Waals surface area contributed by atoms with E-state index in [0.29, 0.717) is 35.0 Å². The van der Waals surface area contributed by atoms with E-state index in [2.05, 4.69) is 66.0 Å². The van der Waals surface area contributed by atoms with Gasteiger partial charge >= 0.3 is 0 Å². The molecule has 0 bridgehead atoms. The molecule has 7 nitrogen and oxygen atoms in total. The van der Waals surface area contributed by atoms with Gasteiger partial charge in [0.2, 0.25) is 0 Å². The molecular weight excluding hydrogens is 436 g/mol. The molecule has 0 aliphatic heterocycles. The highest BCUT2D eigenvalue weighted by Crippen LogP contribution is 2.33. The first-order valence-corrected chi connectivity index (χ1v) is 11.6. The molecule has 0 amide bonds. The fraction of sp³-hybridized carbons (Fsp3) is 0.214. The Kier molecular flexibility index (Phi) is 5.89. The van der Waals surface area contributed by atoms with Crippen LogP contribution in [0.5, 0.6) is 0 Å². The number of nitrogens with two attached hydrogens (primary N) is 1. The van der Waals surface area contributed by atoms with Crippen LogP contribution >= 0.6 is 0 Å². The van der Waals surface area contributed by atoms with Gasteiger partial charge in [0, 0.05) is 16.5 Å². The van der Waals surface area contributed by atoms with E-state index in [1.165, 1.54) is 11.9 Å². The summed E-state index contributed by atoms with van der Waals surface area (Å²) >= 11 is 0. The number of aliphatic hydroxyl groups excluding tert-OH is 1. The largest absolute Gasteiger partial charge is 0.383 e. The lowest BCUT2D eigenvalue weighted by Crippen LogP contribution is -2.07. The Balaban J connectivity index is 1.73. The van der Waals surface area contributed by atoms with E-state index in [4.69, 9.17) is 15.8 Å². The number of hydrogen-bond acceptors (Lipinski definition) is 6. The van der Waals surface area contributed by atoms with Gasteiger partial charge in [-0.3, -0.25) is 0 Å². The number of aromatic nitrogens is 5. The monoisotopic (exact) mass is 462 g/mol. The van der Waals surface area contributed by atoms with E-state index in [9.17, 15) is 5.11 Å². The van der Waals surface area contributed by atoms with E-state index < -0.39 is 6.10 Å². The molecule has 0 aliphatic rings. The number of pyridine rings is 1. The lowest BCUT2D eigenvalue weighted by Gasteiger charge is -2.16. The molecule has 0 unspecified atom stereocenters. The third-order valence-corrected chi connectivity index (χ3v) is 5.92. The van der Waals surface area contributed by atoms with Crippen LogP contribution < -0.4 is 5.73 Å². The molecule has 5 aromatic rings. The van der Waals surface area contributed by atoms with Crippen LogP contribution in [0.2, 0.25) is 0 Å². The van der Waals surface area contributed by atoms with Crippen LogP contribution in [0.25, 0.3) is 33.2 Å². The van der Waals surface area contributed by atoms with Gasteiger partial charge in [0.25, 0.3) is 0 Å². The molecule has 3 aromatic heterocycles. The second kappa shape index (κ2) is 9.16. The first-order chi connectivity index (χ1) is 16.9. The normalized spacial score (nSPS) is 12.1. The van der Waals surface area contributed by atoms with Crippen molar-refractivity contribution in [3.05, 3.63) is 77.7 Å². The second-order valence-corrected chi connectivity index (χ2v) is 8.84. The Bertz CT molecular complexity index is 1610. The van der Waals surface area contributed by atoms with Crippen LogP contribution in [0.1, 0.15) is 43.5 Å². The smallest absolute Gasteiger partial charge is 0.164 e. The number of hydrogen-bond donors (Lipinski definition) is 2. The predicted octanol–water partition coefficient (Wildman–Crippen LogP) is 4.53. The molecule has 1 atom stereocenters. The highest BCUT2D eigenvalue weighted by atomic mass is 16.3. The molecule has 174 valence electrons. The molecule has 3 heterocycles. The lowest BCUT2D eigenvalue weighted by molar-refractivity contribution is 0.253. The van der Waals surface area contributed by atoms with Crippen LogP contribution in [-0.2, 0) is 6.54 Å². The minimum atomic E-state index is -0.787. The van der Waals surface area contributed by atoms with Gasteiger partial charge in [-0.05, 0) is 36.5 Å². The zero-order valence-electron chi connectivity index (χ0n) is 19.9. The number of nitrogens with zero attached hydrogens (tertiary/aromatic N) is 5. The van der Waals surface area contributed by atoms with Crippen molar-refractivity contribution in [2.45, 2.75) is 39.3 Å². The maximum atomic E-state index is 9.65. The summed E-state index contributed by atoms with van der Waals surface area (Å²) in [7, 11) is 0. The Morgan fingerprint density at radius 2 is 1.80 bits per heavy atom. The van der Waals surface area contributed by atoms with Gasteiger partial charge in [0.05, 0.1) is 23.1 Å². The molecule has 0 aliphatic carbocycles. The molecule has 5 rings (SSSR count). The SMILES string of the molecule is CC(C)c1ccccc1-c1nc2ccccc2cc1Cn1nc(C#C[C@@H](C)O)c2c(N)ncnc21. The molecule has 7 heteroatoms. The highest BCUT2D eigenvalue weighted by Gasteiger charge is 2.19. The number of benzene rings is 2. The fourth-order valence-electron chi connectivity index (χ4n) is 4.29. The van der Waals surface area contributed by atoms with Crippen LogP contribution in [0.15, 0.2) is 60.9 Å². The number of para-hydroxylation sites is 1. The Morgan fingerprint density at radius 1 is 1.03 bits per heavy atom. The molecule has 0 saturated carbocycles. The van der Waals surface area contributed by atoms with Crippen LogP contribution in [0.4, 0.5) is 5.82 Å². The fourth-order valence-corrected chi connectivity index (χ4v) is 4.29. The number of rotatable bonds is 4. The zero-order valence-corrected chi connectivity index (χ0v) is 19.9. The summed E-state index contributed by atoms with van der Waals surface area (Å²) in [4.78, 5) is 13.7. The molecule has 2 aromatic carbocycles. The van der Waals surface area contributed by atoms with Crippen LogP contribution in [0.3, 0.4) is 0 Å². The van der Waals surface area contributed by atoms with Crippen molar-refractivity contribution < 1.29 is 5.11 Å². The van der Waals surface area contributed by atoms with Crippen LogP contribution in [-0.4, -0.2) is 35.9 Å². The molecule has 0 spiro atoms. The van der Waals surface area contributed by atoms with Crippen molar-refractivity contribution in [3.8, 4) is 23.1 Å². The van der Waals surface area contributed by atoms with Crippen molar-refractivity contribution in [3.63, 3.8) is 0 Å². The van der Waals surface area contributed by atoms with Gasteiger partial charge in [-0.25, -0.2) is 19.6 Å². The van der Waals surface area contributed by atoms with Gasteiger partial charge in [0.15, 0.2) is 5.65 Å². The summed E-state index contributed by atoms with van der Waals surface area (Å²) in [6.07, 6.45) is 0.639. The van der Waals surface area contributed by atoms with E-state index in [1.54, 1.807) is 11.6 Å². The number of nitrogen functional groups attached to an aromatic ring is 1. The molecule has 0 fully saturated rings. The van der Waals surface area contributed by atoms with Gasteiger partial charge in [0.1, 0.15) is 23.9 Å². The van der Waals surface area contributed by atoms with Crippen molar-refractivity contribution in [1.82, 2.24) is 24.7 Å². The average molecular weight is 463 g/mol. The number of aliphatic hydroxyl groups is 1. The topological polar surface area (TPSA) is 103 Å². The first-order valence-electron chi connectivity index (χ1n) is 11.6. The standard InChI is InChI=1S/C28H26N6O/c1-17(2)21-9-5-6-10-22(21)26-20(14-19-8-4-7-11-23(19)32-26)15-34-28-25(27(29)30-16-31-28)24(33-34)13-12-18(3)35/h4-11,14,16-18,35H,15H2,1-3H3,(H2,29,30,31)/t18-/m1/s1. The van der Waals surface area contributed by atoms with Crippen molar-refractivity contribution in [1.29, 1.82) is 0 Å². The molecular formula is C28H26N6O. The van der Waals surface area contributed by atoms with Gasteiger partial charge in [-0.2, -0.15) is 5.10 Å². The quantitative estimate of drug-likeness (QED) is 0.381.